The van der Waals surface area contributed by atoms with Crippen LogP contribution in [0.4, 0.5) is 0 Å². The molecule has 2 atom stereocenters. The number of amidine groups is 1. The van der Waals surface area contributed by atoms with Gasteiger partial charge in [-0.15, -0.1) is 0 Å². The number of hydrogen-bond acceptors (Lipinski definition) is 3. The van der Waals surface area contributed by atoms with E-state index in [-0.39, 0.29) is 24.1 Å². The molecule has 0 aromatic heterocycles. The highest BCUT2D eigenvalue weighted by atomic mass is 16.5. The smallest absolute Gasteiger partial charge is 0.122 e. The molecule has 0 saturated carbocycles. The molecule has 1 aliphatic rings. The Bertz CT molecular complexity index is 406. The van der Waals surface area contributed by atoms with Crippen molar-refractivity contribution in [1.29, 1.82) is 5.41 Å². The molecule has 0 aliphatic carbocycles. The molecule has 1 heterocycles. The molecule has 98 valence electrons. The van der Waals surface area contributed by atoms with Crippen molar-refractivity contribution in [3.63, 3.8) is 0 Å². The van der Waals surface area contributed by atoms with Gasteiger partial charge in [-0.2, -0.15) is 0 Å². The quantitative estimate of drug-likeness (QED) is 0.637. The number of ether oxygens (including phenoxy) is 2. The Morgan fingerprint density at radius 2 is 1.78 bits per heavy atom. The summed E-state index contributed by atoms with van der Waals surface area (Å²) in [6.07, 6.45) is 2.52. The molecule has 1 saturated heterocycles. The number of nitrogen functional groups attached to an aromatic ring is 1. The van der Waals surface area contributed by atoms with Gasteiger partial charge in [0.1, 0.15) is 17.7 Å². The number of nitrogens with two attached hydrogens (primary N) is 1. The topological polar surface area (TPSA) is 68.3 Å². The molecular weight excluding hydrogens is 228 g/mol. The number of hydrogen-bond donors (Lipinski definition) is 2. The summed E-state index contributed by atoms with van der Waals surface area (Å²) < 4.78 is 11.6. The van der Waals surface area contributed by atoms with Gasteiger partial charge in [0.2, 0.25) is 0 Å². The second-order valence-corrected chi connectivity index (χ2v) is 4.91. The van der Waals surface area contributed by atoms with Crippen molar-refractivity contribution in [2.24, 2.45) is 5.73 Å². The first-order valence-corrected chi connectivity index (χ1v) is 6.31. The Balaban J connectivity index is 1.98. The van der Waals surface area contributed by atoms with Crippen LogP contribution in [0.1, 0.15) is 32.3 Å². The molecular formula is C14H20N2O2. The minimum atomic E-state index is 0.0786. The minimum Gasteiger partial charge on any atom is -0.490 e. The van der Waals surface area contributed by atoms with E-state index in [9.17, 15) is 0 Å². The molecule has 0 radical (unpaired) electrons. The Hall–Kier alpha value is -1.55. The van der Waals surface area contributed by atoms with Gasteiger partial charge in [0.15, 0.2) is 0 Å². The van der Waals surface area contributed by atoms with Crippen LogP contribution in [0.2, 0.25) is 0 Å². The molecule has 1 aromatic rings. The SMILES string of the molecule is CC1CC(Oc2ccc(C(=N)N)cc2)CC(C)O1. The summed E-state index contributed by atoms with van der Waals surface area (Å²) in [5, 5.41) is 7.33. The number of nitrogens with one attached hydrogen (secondary N) is 1. The zero-order chi connectivity index (χ0) is 13.1. The molecule has 2 unspecified atom stereocenters. The molecule has 0 bridgehead atoms. The second-order valence-electron chi connectivity index (χ2n) is 4.91. The molecule has 0 spiro atoms. The van der Waals surface area contributed by atoms with E-state index in [1.807, 2.05) is 24.3 Å². The van der Waals surface area contributed by atoms with Crippen molar-refractivity contribution in [3.05, 3.63) is 29.8 Å². The van der Waals surface area contributed by atoms with Crippen LogP contribution in [0, 0.1) is 5.41 Å². The van der Waals surface area contributed by atoms with Crippen molar-refractivity contribution in [2.75, 3.05) is 0 Å². The molecule has 18 heavy (non-hydrogen) atoms. The first-order valence-electron chi connectivity index (χ1n) is 6.31. The maximum absolute atomic E-state index is 7.33. The van der Waals surface area contributed by atoms with Gasteiger partial charge in [-0.05, 0) is 38.1 Å². The minimum absolute atomic E-state index is 0.0786. The summed E-state index contributed by atoms with van der Waals surface area (Å²) >= 11 is 0. The second kappa shape index (κ2) is 5.40. The predicted octanol–water partition coefficient (Wildman–Crippen LogP) is 2.31. The Morgan fingerprint density at radius 3 is 2.28 bits per heavy atom. The summed E-state index contributed by atoms with van der Waals surface area (Å²) in [4.78, 5) is 0. The fourth-order valence-electron chi connectivity index (χ4n) is 2.35. The summed E-state index contributed by atoms with van der Waals surface area (Å²) in [6, 6.07) is 7.34. The van der Waals surface area contributed by atoms with Crippen molar-refractivity contribution < 1.29 is 9.47 Å². The first kappa shape index (κ1) is 12.9. The van der Waals surface area contributed by atoms with Crippen LogP contribution in [0.5, 0.6) is 5.75 Å². The normalized spacial score (nSPS) is 27.8. The Morgan fingerprint density at radius 1 is 1.22 bits per heavy atom. The third-order valence-electron chi connectivity index (χ3n) is 3.12. The number of rotatable bonds is 3. The molecule has 4 heteroatoms. The first-order chi connectivity index (χ1) is 8.54. The average Bonchev–Trinajstić information content (AvgIpc) is 2.28. The van der Waals surface area contributed by atoms with E-state index >= 15 is 0 Å². The fraction of sp³-hybridized carbons (Fsp3) is 0.500. The molecule has 1 fully saturated rings. The van der Waals surface area contributed by atoms with Gasteiger partial charge in [0.05, 0.1) is 12.2 Å². The third kappa shape index (κ3) is 3.23. The molecule has 1 aliphatic heterocycles. The van der Waals surface area contributed by atoms with Crippen LogP contribution in [-0.2, 0) is 4.74 Å². The molecule has 0 amide bonds. The van der Waals surface area contributed by atoms with Crippen molar-refractivity contribution >= 4 is 5.84 Å². The largest absolute Gasteiger partial charge is 0.490 e. The lowest BCUT2D eigenvalue weighted by molar-refractivity contribution is -0.0721. The van der Waals surface area contributed by atoms with E-state index in [2.05, 4.69) is 13.8 Å². The van der Waals surface area contributed by atoms with E-state index in [1.54, 1.807) is 0 Å². The number of benzene rings is 1. The van der Waals surface area contributed by atoms with Gasteiger partial charge in [-0.3, -0.25) is 5.41 Å². The van der Waals surface area contributed by atoms with E-state index in [0.717, 1.165) is 24.2 Å². The van der Waals surface area contributed by atoms with Gasteiger partial charge in [-0.1, -0.05) is 0 Å². The van der Waals surface area contributed by atoms with Crippen LogP contribution < -0.4 is 10.5 Å². The maximum Gasteiger partial charge on any atom is 0.122 e. The Kier molecular flexibility index (Phi) is 3.87. The van der Waals surface area contributed by atoms with Crippen LogP contribution in [0.3, 0.4) is 0 Å². The molecule has 4 nitrogen and oxygen atoms in total. The molecule has 2 rings (SSSR count). The maximum atomic E-state index is 7.33. The van der Waals surface area contributed by atoms with Crippen molar-refractivity contribution in [1.82, 2.24) is 0 Å². The molecule has 1 aromatic carbocycles. The van der Waals surface area contributed by atoms with Gasteiger partial charge in [0.25, 0.3) is 0 Å². The van der Waals surface area contributed by atoms with Gasteiger partial charge in [-0.25, -0.2) is 0 Å². The summed E-state index contributed by atoms with van der Waals surface area (Å²) in [5.74, 6) is 0.904. The van der Waals surface area contributed by atoms with E-state index in [4.69, 9.17) is 20.6 Å². The predicted molar refractivity (Wildman–Crippen MR) is 71.1 cm³/mol. The zero-order valence-corrected chi connectivity index (χ0v) is 10.8. The Labute approximate surface area is 108 Å². The summed E-state index contributed by atoms with van der Waals surface area (Å²) in [6.45, 7) is 4.15. The standard InChI is InChI=1S/C14H20N2O2/c1-9-7-13(8-10(2)17-9)18-12-5-3-11(4-6-12)14(15)16/h3-6,9-10,13H,7-8H2,1-2H3,(H3,15,16). The van der Waals surface area contributed by atoms with Crippen LogP contribution in [0.15, 0.2) is 24.3 Å². The van der Waals surface area contributed by atoms with Gasteiger partial charge in [0, 0.05) is 18.4 Å². The van der Waals surface area contributed by atoms with Crippen LogP contribution >= 0.6 is 0 Å². The van der Waals surface area contributed by atoms with Gasteiger partial charge < -0.3 is 15.2 Å². The van der Waals surface area contributed by atoms with Crippen LogP contribution in [-0.4, -0.2) is 24.1 Å². The van der Waals surface area contributed by atoms with E-state index in [0.29, 0.717) is 0 Å². The third-order valence-corrected chi connectivity index (χ3v) is 3.12. The summed E-state index contributed by atoms with van der Waals surface area (Å²) in [7, 11) is 0. The lowest BCUT2D eigenvalue weighted by Gasteiger charge is -2.32. The van der Waals surface area contributed by atoms with Crippen LogP contribution in [0.25, 0.3) is 0 Å². The lowest BCUT2D eigenvalue weighted by Crippen LogP contribution is -2.35. The monoisotopic (exact) mass is 248 g/mol. The highest BCUT2D eigenvalue weighted by Gasteiger charge is 2.25. The summed E-state index contributed by atoms with van der Waals surface area (Å²) in [5.41, 5.74) is 6.13. The highest BCUT2D eigenvalue weighted by molar-refractivity contribution is 5.94. The average molecular weight is 248 g/mol. The fourth-order valence-corrected chi connectivity index (χ4v) is 2.35. The van der Waals surface area contributed by atoms with E-state index < -0.39 is 0 Å². The highest BCUT2D eigenvalue weighted by Crippen LogP contribution is 2.24. The van der Waals surface area contributed by atoms with E-state index in [1.165, 1.54) is 0 Å². The van der Waals surface area contributed by atoms with Gasteiger partial charge >= 0.3 is 0 Å². The van der Waals surface area contributed by atoms with Crippen molar-refractivity contribution in [2.45, 2.75) is 45.0 Å². The lowest BCUT2D eigenvalue weighted by atomic mass is 10.0. The van der Waals surface area contributed by atoms with Crippen molar-refractivity contribution in [3.8, 4) is 5.75 Å². The zero-order valence-electron chi connectivity index (χ0n) is 10.8. The molecule has 3 N–H and O–H groups in total.